The molecule has 4 rings (SSSR count). The Hall–Kier alpha value is -3.41. The number of carbonyl (C=O) groups excluding carboxylic acids is 2. The van der Waals surface area contributed by atoms with Crippen LogP contribution in [0, 0.1) is 0 Å². The van der Waals surface area contributed by atoms with Crippen LogP contribution in [0.1, 0.15) is 36.8 Å². The zero-order chi connectivity index (χ0) is 21.5. The lowest BCUT2D eigenvalue weighted by atomic mass is 10.0. The first-order valence-electron chi connectivity index (χ1n) is 10.8. The smallest absolute Gasteiger partial charge is 0.239 e. The van der Waals surface area contributed by atoms with E-state index >= 15 is 0 Å². The van der Waals surface area contributed by atoms with Crippen LogP contribution in [0.15, 0.2) is 60.8 Å². The molecule has 0 unspecified atom stereocenters. The fraction of sp³-hybridized carbons (Fsp3) is 0.320. The maximum absolute atomic E-state index is 12.3. The Morgan fingerprint density at radius 1 is 0.968 bits per heavy atom. The van der Waals surface area contributed by atoms with Crippen LogP contribution in [0.25, 0.3) is 10.8 Å². The van der Waals surface area contributed by atoms with Gasteiger partial charge in [0.25, 0.3) is 0 Å². The third-order valence-electron chi connectivity index (χ3n) is 5.56. The van der Waals surface area contributed by atoms with Crippen LogP contribution in [-0.4, -0.2) is 29.4 Å². The molecule has 0 radical (unpaired) electrons. The van der Waals surface area contributed by atoms with Crippen molar-refractivity contribution in [3.05, 3.63) is 71.9 Å². The summed E-state index contributed by atoms with van der Waals surface area (Å²) in [5.74, 6) is 0.186. The minimum Gasteiger partial charge on any atom is -0.474 e. The predicted molar refractivity (Wildman–Crippen MR) is 120 cm³/mol. The molecule has 1 heterocycles. The lowest BCUT2D eigenvalue weighted by molar-refractivity contribution is -0.125. The molecule has 2 amide bonds. The van der Waals surface area contributed by atoms with Crippen LogP contribution in [-0.2, 0) is 22.6 Å². The SMILES string of the molecule is O=C(CNC(=O)Cc1cccc2ccccc12)NCc1ccnc(OC2CCCC2)c1. The molecule has 6 heteroatoms. The van der Waals surface area contributed by atoms with Crippen LogP contribution in [0.3, 0.4) is 0 Å². The molecule has 0 bridgehead atoms. The van der Waals surface area contributed by atoms with E-state index in [1.54, 1.807) is 6.20 Å². The number of nitrogens with one attached hydrogen (secondary N) is 2. The van der Waals surface area contributed by atoms with Gasteiger partial charge in [0.2, 0.25) is 17.7 Å². The monoisotopic (exact) mass is 417 g/mol. The standard InChI is InChI=1S/C25H27N3O3/c29-23(15-20-8-5-7-19-6-1-4-11-22(19)20)28-17-24(30)27-16-18-12-13-26-25(14-18)31-21-9-2-3-10-21/h1,4-8,11-14,21H,2-3,9-10,15-17H2,(H,27,30)(H,28,29). The van der Waals surface area contributed by atoms with Gasteiger partial charge in [-0.05, 0) is 53.6 Å². The van der Waals surface area contributed by atoms with E-state index in [1.165, 1.54) is 12.8 Å². The zero-order valence-electron chi connectivity index (χ0n) is 17.5. The maximum atomic E-state index is 12.3. The Labute approximate surface area is 182 Å². The predicted octanol–water partition coefficient (Wildman–Crippen LogP) is 3.53. The molecule has 0 saturated heterocycles. The van der Waals surface area contributed by atoms with Crippen LogP contribution in [0.2, 0.25) is 0 Å². The highest BCUT2D eigenvalue weighted by atomic mass is 16.5. The molecule has 31 heavy (non-hydrogen) atoms. The van der Waals surface area contributed by atoms with E-state index in [1.807, 2.05) is 54.6 Å². The van der Waals surface area contributed by atoms with Crippen molar-refractivity contribution in [2.75, 3.05) is 6.54 Å². The molecule has 1 aliphatic carbocycles. The topological polar surface area (TPSA) is 80.3 Å². The average molecular weight is 418 g/mol. The van der Waals surface area contributed by atoms with Gasteiger partial charge in [-0.1, -0.05) is 42.5 Å². The van der Waals surface area contributed by atoms with Crippen LogP contribution in [0.5, 0.6) is 5.88 Å². The van der Waals surface area contributed by atoms with E-state index in [9.17, 15) is 9.59 Å². The number of benzene rings is 2. The third-order valence-corrected chi connectivity index (χ3v) is 5.56. The van der Waals surface area contributed by atoms with Gasteiger partial charge in [-0.15, -0.1) is 0 Å². The number of amides is 2. The van der Waals surface area contributed by atoms with Crippen LogP contribution >= 0.6 is 0 Å². The molecule has 1 aromatic heterocycles. The number of aromatic nitrogens is 1. The number of hydrogen-bond donors (Lipinski definition) is 2. The molecule has 1 aliphatic rings. The van der Waals surface area contributed by atoms with E-state index in [-0.39, 0.29) is 30.9 Å². The van der Waals surface area contributed by atoms with Gasteiger partial charge in [0, 0.05) is 18.8 Å². The second kappa shape index (κ2) is 10.1. The van der Waals surface area contributed by atoms with E-state index in [0.29, 0.717) is 12.4 Å². The number of nitrogens with zero attached hydrogens (tertiary/aromatic N) is 1. The third kappa shape index (κ3) is 5.81. The van der Waals surface area contributed by atoms with Gasteiger partial charge in [-0.2, -0.15) is 0 Å². The number of carbonyl (C=O) groups is 2. The molecule has 0 aliphatic heterocycles. The van der Waals surface area contributed by atoms with Crippen molar-refractivity contribution >= 4 is 22.6 Å². The van der Waals surface area contributed by atoms with Gasteiger partial charge in [0.05, 0.1) is 13.0 Å². The minimum absolute atomic E-state index is 0.0554. The highest BCUT2D eigenvalue weighted by molar-refractivity contribution is 5.91. The molecule has 2 N–H and O–H groups in total. The van der Waals surface area contributed by atoms with Gasteiger partial charge in [0.1, 0.15) is 6.10 Å². The van der Waals surface area contributed by atoms with Gasteiger partial charge in [0.15, 0.2) is 0 Å². The Bertz CT molecular complexity index is 1060. The second-order valence-corrected chi connectivity index (χ2v) is 7.90. The van der Waals surface area contributed by atoms with Gasteiger partial charge >= 0.3 is 0 Å². The van der Waals surface area contributed by atoms with Crippen molar-refractivity contribution in [1.29, 1.82) is 0 Å². The number of rotatable bonds is 8. The lowest BCUT2D eigenvalue weighted by Crippen LogP contribution is -2.37. The van der Waals surface area contributed by atoms with Crippen LogP contribution in [0.4, 0.5) is 0 Å². The second-order valence-electron chi connectivity index (χ2n) is 7.90. The Balaban J connectivity index is 1.23. The molecule has 0 atom stereocenters. The van der Waals surface area contributed by atoms with E-state index < -0.39 is 0 Å². The summed E-state index contributed by atoms with van der Waals surface area (Å²) in [6.45, 7) is 0.307. The minimum atomic E-state index is -0.235. The fourth-order valence-electron chi connectivity index (χ4n) is 3.93. The molecule has 1 saturated carbocycles. The quantitative estimate of drug-likeness (QED) is 0.588. The number of hydrogen-bond acceptors (Lipinski definition) is 4. The Morgan fingerprint density at radius 2 is 1.77 bits per heavy atom. The van der Waals surface area contributed by atoms with Crippen molar-refractivity contribution in [1.82, 2.24) is 15.6 Å². The summed E-state index contributed by atoms with van der Waals surface area (Å²) >= 11 is 0. The Kier molecular flexibility index (Phi) is 6.77. The molecule has 2 aromatic carbocycles. The number of pyridine rings is 1. The molecular formula is C25H27N3O3. The maximum Gasteiger partial charge on any atom is 0.239 e. The zero-order valence-corrected chi connectivity index (χ0v) is 17.5. The molecule has 3 aromatic rings. The van der Waals surface area contributed by atoms with Gasteiger partial charge < -0.3 is 15.4 Å². The van der Waals surface area contributed by atoms with E-state index in [0.717, 1.165) is 34.7 Å². The lowest BCUT2D eigenvalue weighted by Gasteiger charge is -2.13. The summed E-state index contributed by atoms with van der Waals surface area (Å²) in [5, 5.41) is 7.69. The molecular weight excluding hydrogens is 390 g/mol. The van der Waals surface area contributed by atoms with Crippen molar-refractivity contribution < 1.29 is 14.3 Å². The van der Waals surface area contributed by atoms with Gasteiger partial charge in [-0.3, -0.25) is 9.59 Å². The largest absolute Gasteiger partial charge is 0.474 e. The van der Waals surface area contributed by atoms with Gasteiger partial charge in [-0.25, -0.2) is 4.98 Å². The Morgan fingerprint density at radius 3 is 2.65 bits per heavy atom. The van der Waals surface area contributed by atoms with Crippen LogP contribution < -0.4 is 15.4 Å². The number of ether oxygens (including phenoxy) is 1. The summed E-state index contributed by atoms with van der Waals surface area (Å²) in [5.41, 5.74) is 1.86. The van der Waals surface area contributed by atoms with E-state index in [2.05, 4.69) is 15.6 Å². The highest BCUT2D eigenvalue weighted by Gasteiger charge is 2.17. The molecule has 1 fully saturated rings. The summed E-state index contributed by atoms with van der Waals surface area (Å²) in [6, 6.07) is 17.6. The summed E-state index contributed by atoms with van der Waals surface area (Å²) in [7, 11) is 0. The van der Waals surface area contributed by atoms with Crippen molar-refractivity contribution in [3.8, 4) is 5.88 Å². The fourth-order valence-corrected chi connectivity index (χ4v) is 3.93. The molecule has 160 valence electrons. The first-order chi connectivity index (χ1) is 15.2. The molecule has 6 nitrogen and oxygen atoms in total. The number of fused-ring (bicyclic) bond motifs is 1. The highest BCUT2D eigenvalue weighted by Crippen LogP contribution is 2.23. The normalized spacial score (nSPS) is 13.8. The first kappa shape index (κ1) is 20.8. The van der Waals surface area contributed by atoms with E-state index in [4.69, 9.17) is 4.74 Å². The summed E-state index contributed by atoms with van der Waals surface area (Å²) < 4.78 is 5.91. The summed E-state index contributed by atoms with van der Waals surface area (Å²) in [4.78, 5) is 28.8. The average Bonchev–Trinajstić information content (AvgIpc) is 3.30. The van der Waals surface area contributed by atoms with Crippen molar-refractivity contribution in [2.45, 2.75) is 44.8 Å². The first-order valence-corrected chi connectivity index (χ1v) is 10.8. The van der Waals surface area contributed by atoms with Crippen molar-refractivity contribution in [3.63, 3.8) is 0 Å². The molecule has 0 spiro atoms. The van der Waals surface area contributed by atoms with Crippen molar-refractivity contribution in [2.24, 2.45) is 0 Å². The summed E-state index contributed by atoms with van der Waals surface area (Å²) in [6.07, 6.45) is 6.72.